The fourth-order valence-corrected chi connectivity index (χ4v) is 5.24. The number of amides is 2. The minimum absolute atomic E-state index is 0.110. The van der Waals surface area contributed by atoms with Gasteiger partial charge >= 0.3 is 0 Å². The van der Waals surface area contributed by atoms with E-state index in [-0.39, 0.29) is 31.3 Å². The molecule has 0 bridgehead atoms. The first-order valence-electron chi connectivity index (χ1n) is 12.8. The Hall–Kier alpha value is -3.07. The van der Waals surface area contributed by atoms with Crippen molar-refractivity contribution in [3.63, 3.8) is 0 Å². The minimum Gasteiger partial charge on any atom is -0.497 e. The van der Waals surface area contributed by atoms with Crippen molar-refractivity contribution < 1.29 is 22.7 Å². The molecule has 0 saturated heterocycles. The van der Waals surface area contributed by atoms with E-state index in [4.69, 9.17) is 4.74 Å². The van der Waals surface area contributed by atoms with Gasteiger partial charge < -0.3 is 15.0 Å². The van der Waals surface area contributed by atoms with Gasteiger partial charge in [-0.1, -0.05) is 38.1 Å². The van der Waals surface area contributed by atoms with Crippen LogP contribution in [0.25, 0.3) is 0 Å². The quantitative estimate of drug-likeness (QED) is 0.394. The van der Waals surface area contributed by atoms with E-state index in [0.717, 1.165) is 23.1 Å². The first-order valence-corrected chi connectivity index (χ1v) is 14.6. The second-order valence-corrected chi connectivity index (χ2v) is 11.2. The van der Waals surface area contributed by atoms with E-state index >= 15 is 0 Å². The van der Waals surface area contributed by atoms with Crippen LogP contribution in [0.3, 0.4) is 0 Å². The highest BCUT2D eigenvalue weighted by Gasteiger charge is 2.29. The molecule has 0 aliphatic heterocycles. The minimum atomic E-state index is -3.55. The van der Waals surface area contributed by atoms with E-state index in [1.165, 1.54) is 10.6 Å². The number of hydrogen-bond acceptors (Lipinski definition) is 5. The van der Waals surface area contributed by atoms with Gasteiger partial charge in [0.25, 0.3) is 0 Å². The first kappa shape index (κ1) is 30.2. The number of anilines is 1. The van der Waals surface area contributed by atoms with Crippen LogP contribution < -0.4 is 14.4 Å². The summed E-state index contributed by atoms with van der Waals surface area (Å²) in [5, 5.41) is 2.91. The lowest BCUT2D eigenvalue weighted by Crippen LogP contribution is -2.49. The average Bonchev–Trinajstić information content (AvgIpc) is 2.86. The van der Waals surface area contributed by atoms with Crippen LogP contribution in [-0.2, 0) is 26.2 Å². The van der Waals surface area contributed by atoms with Crippen molar-refractivity contribution in [1.29, 1.82) is 0 Å². The number of ether oxygens (including phenoxy) is 1. The highest BCUT2D eigenvalue weighted by molar-refractivity contribution is 7.92. The highest BCUT2D eigenvalue weighted by atomic mass is 32.2. The molecule has 8 nitrogen and oxygen atoms in total. The van der Waals surface area contributed by atoms with Crippen molar-refractivity contribution >= 4 is 27.5 Å². The summed E-state index contributed by atoms with van der Waals surface area (Å²) >= 11 is 0. The summed E-state index contributed by atoms with van der Waals surface area (Å²) in [6, 6.07) is 12.5. The Morgan fingerprint density at radius 2 is 1.81 bits per heavy atom. The second-order valence-electron chi connectivity index (χ2n) is 9.32. The number of nitrogens with one attached hydrogen (secondary N) is 1. The third-order valence-corrected chi connectivity index (χ3v) is 7.39. The zero-order valence-electron chi connectivity index (χ0n) is 22.9. The highest BCUT2D eigenvalue weighted by Crippen LogP contribution is 2.25. The van der Waals surface area contributed by atoms with Gasteiger partial charge in [0.15, 0.2) is 0 Å². The molecular formula is C28H41N3O5S. The summed E-state index contributed by atoms with van der Waals surface area (Å²) in [5.41, 5.74) is 3.27. The van der Waals surface area contributed by atoms with Crippen molar-refractivity contribution in [2.45, 2.75) is 66.0 Å². The number of carbonyl (C=O) groups excluding carboxylic acids is 2. The van der Waals surface area contributed by atoms with Gasteiger partial charge in [0, 0.05) is 26.1 Å². The fraction of sp³-hybridized carbons (Fsp3) is 0.500. The van der Waals surface area contributed by atoms with Gasteiger partial charge in [0.2, 0.25) is 21.8 Å². The number of rotatable bonds is 14. The van der Waals surface area contributed by atoms with Crippen molar-refractivity contribution in [2.24, 2.45) is 0 Å². The van der Waals surface area contributed by atoms with Crippen molar-refractivity contribution in [1.82, 2.24) is 10.2 Å². The van der Waals surface area contributed by atoms with E-state index in [2.05, 4.69) is 5.32 Å². The van der Waals surface area contributed by atoms with Gasteiger partial charge in [-0.25, -0.2) is 8.42 Å². The van der Waals surface area contributed by atoms with E-state index in [9.17, 15) is 18.0 Å². The lowest BCUT2D eigenvalue weighted by molar-refractivity contribution is -0.141. The molecule has 2 amide bonds. The summed E-state index contributed by atoms with van der Waals surface area (Å²) in [6.45, 7) is 8.60. The Morgan fingerprint density at radius 1 is 1.08 bits per heavy atom. The molecule has 1 atom stereocenters. The zero-order valence-corrected chi connectivity index (χ0v) is 23.7. The zero-order chi connectivity index (χ0) is 27.6. The van der Waals surface area contributed by atoms with Gasteiger partial charge in [-0.3, -0.25) is 13.9 Å². The Bertz CT molecular complexity index is 1170. The molecule has 0 aromatic heterocycles. The van der Waals surface area contributed by atoms with Crippen molar-refractivity contribution in [2.75, 3.05) is 30.8 Å². The van der Waals surface area contributed by atoms with Crippen LogP contribution in [0.15, 0.2) is 42.5 Å². The molecule has 0 aliphatic carbocycles. The lowest BCUT2D eigenvalue weighted by Gasteiger charge is -2.31. The van der Waals surface area contributed by atoms with E-state index < -0.39 is 16.1 Å². The molecule has 0 aliphatic rings. The van der Waals surface area contributed by atoms with E-state index in [0.29, 0.717) is 30.8 Å². The molecule has 0 saturated carbocycles. The summed E-state index contributed by atoms with van der Waals surface area (Å²) in [7, 11) is -1.96. The molecule has 0 fully saturated rings. The third kappa shape index (κ3) is 8.77. The molecule has 204 valence electrons. The number of nitrogens with zero attached hydrogens (tertiary/aromatic N) is 2. The molecule has 37 heavy (non-hydrogen) atoms. The van der Waals surface area contributed by atoms with Crippen LogP contribution in [0, 0.1) is 13.8 Å². The predicted octanol–water partition coefficient (Wildman–Crippen LogP) is 4.19. The molecule has 0 radical (unpaired) electrons. The number of hydrogen-bond donors (Lipinski definition) is 1. The molecule has 0 heterocycles. The van der Waals surface area contributed by atoms with Gasteiger partial charge in [0.1, 0.15) is 11.8 Å². The summed E-state index contributed by atoms with van der Waals surface area (Å²) in [4.78, 5) is 28.1. The van der Waals surface area contributed by atoms with Gasteiger partial charge in [-0.15, -0.1) is 0 Å². The largest absolute Gasteiger partial charge is 0.497 e. The number of benzene rings is 2. The average molecular weight is 532 g/mol. The van der Waals surface area contributed by atoms with E-state index in [1.807, 2.05) is 70.2 Å². The third-order valence-electron chi connectivity index (χ3n) is 6.21. The van der Waals surface area contributed by atoms with Crippen LogP contribution in [-0.4, -0.2) is 57.6 Å². The standard InChI is InChI=1S/C28H41N3O5S/c1-7-16-29-28(33)25(8-2)30(20-23-11-9-12-24(19-23)36-5)27(32)13-10-17-31(37(6,34)35)26-18-21(3)14-15-22(26)4/h9,11-12,14-15,18-19,25H,7-8,10,13,16-17,20H2,1-6H3,(H,29,33). The molecule has 2 aromatic rings. The van der Waals surface area contributed by atoms with Crippen LogP contribution in [0.5, 0.6) is 5.75 Å². The Kier molecular flexibility index (Phi) is 11.4. The van der Waals surface area contributed by atoms with Crippen LogP contribution >= 0.6 is 0 Å². The lowest BCUT2D eigenvalue weighted by atomic mass is 10.1. The number of sulfonamides is 1. The molecule has 2 rings (SSSR count). The van der Waals surface area contributed by atoms with Crippen LogP contribution in [0.4, 0.5) is 5.69 Å². The number of carbonyl (C=O) groups is 2. The van der Waals surface area contributed by atoms with Gasteiger partial charge in [0.05, 0.1) is 19.1 Å². The maximum Gasteiger partial charge on any atom is 0.242 e. The fourth-order valence-electron chi connectivity index (χ4n) is 4.22. The Morgan fingerprint density at radius 3 is 2.43 bits per heavy atom. The molecule has 9 heteroatoms. The molecule has 0 spiro atoms. The molecule has 1 unspecified atom stereocenters. The van der Waals surface area contributed by atoms with Crippen LogP contribution in [0.1, 0.15) is 56.2 Å². The molecule has 2 aromatic carbocycles. The molecular weight excluding hydrogens is 490 g/mol. The summed E-state index contributed by atoms with van der Waals surface area (Å²) in [5.74, 6) is 0.287. The maximum absolute atomic E-state index is 13.5. The number of aryl methyl sites for hydroxylation is 2. The first-order chi connectivity index (χ1) is 17.5. The SMILES string of the molecule is CCCNC(=O)C(CC)N(Cc1cccc(OC)c1)C(=O)CCCN(c1cc(C)ccc1C)S(C)(=O)=O. The Labute approximate surface area is 222 Å². The molecule has 1 N–H and O–H groups in total. The van der Waals surface area contributed by atoms with Gasteiger partial charge in [-0.05, 0) is 68.0 Å². The van der Waals surface area contributed by atoms with Crippen molar-refractivity contribution in [3.05, 3.63) is 59.2 Å². The van der Waals surface area contributed by atoms with Crippen LogP contribution in [0.2, 0.25) is 0 Å². The monoisotopic (exact) mass is 531 g/mol. The predicted molar refractivity (Wildman–Crippen MR) is 148 cm³/mol. The second kappa shape index (κ2) is 14.0. The topological polar surface area (TPSA) is 96.0 Å². The smallest absolute Gasteiger partial charge is 0.242 e. The Balaban J connectivity index is 2.26. The number of methoxy groups -OCH3 is 1. The van der Waals surface area contributed by atoms with Gasteiger partial charge in [-0.2, -0.15) is 0 Å². The van der Waals surface area contributed by atoms with Crippen molar-refractivity contribution in [3.8, 4) is 5.75 Å². The van der Waals surface area contributed by atoms with E-state index in [1.54, 1.807) is 12.0 Å². The normalized spacial score (nSPS) is 12.1. The summed E-state index contributed by atoms with van der Waals surface area (Å²) < 4.78 is 31.9. The maximum atomic E-state index is 13.5. The summed E-state index contributed by atoms with van der Waals surface area (Å²) in [6.07, 6.45) is 2.87.